The number of halogens is 2. The molecule has 4 fully saturated rings. The molecule has 2 aromatic heterocycles. The summed E-state index contributed by atoms with van der Waals surface area (Å²) in [5.41, 5.74) is 10.3. The highest BCUT2D eigenvalue weighted by Crippen LogP contribution is 2.46. The van der Waals surface area contributed by atoms with Crippen LogP contribution in [0.15, 0.2) is 55.0 Å². The third-order valence-electron chi connectivity index (χ3n) is 11.8. The predicted molar refractivity (Wildman–Crippen MR) is 183 cm³/mol. The van der Waals surface area contributed by atoms with Gasteiger partial charge in [-0.15, -0.1) is 0 Å². The zero-order valence-electron chi connectivity index (χ0n) is 28.7. The Bertz CT molecular complexity index is 1790. The van der Waals surface area contributed by atoms with Crippen molar-refractivity contribution in [1.82, 2.24) is 45.3 Å². The molecule has 4 aliphatic heterocycles. The minimum atomic E-state index is -3.01. The molecule has 1 aliphatic carbocycles. The maximum absolute atomic E-state index is 14.1. The fourth-order valence-electron chi connectivity index (χ4n) is 8.95. The van der Waals surface area contributed by atoms with Crippen molar-refractivity contribution in [2.24, 2.45) is 18.4 Å². The number of nitrogens with one attached hydrogen (secondary N) is 2. The Morgan fingerprint density at radius 3 is 2.58 bits per heavy atom. The first kappa shape index (κ1) is 33.1. The number of fused-ring (bicyclic) bond motifs is 1. The average molecular weight is 686 g/mol. The fraction of sp³-hybridized carbons (Fsp3) is 0.541. The Kier molecular flexibility index (Phi) is 8.55. The third-order valence-corrected chi connectivity index (χ3v) is 11.8. The minimum absolute atomic E-state index is 0.113. The predicted octanol–water partition coefficient (Wildman–Crippen LogP) is 3.92. The van der Waals surface area contributed by atoms with E-state index in [1.165, 1.54) is 17.8 Å². The summed E-state index contributed by atoms with van der Waals surface area (Å²) >= 11 is 0. The van der Waals surface area contributed by atoms with E-state index in [2.05, 4.69) is 53.9 Å². The summed E-state index contributed by atoms with van der Waals surface area (Å²) in [6.45, 7) is 4.56. The monoisotopic (exact) mass is 685 g/mol. The van der Waals surface area contributed by atoms with E-state index in [1.54, 1.807) is 11.0 Å². The zero-order chi connectivity index (χ0) is 34.6. The lowest BCUT2D eigenvalue weighted by atomic mass is 9.76. The van der Waals surface area contributed by atoms with E-state index in [9.17, 15) is 18.4 Å². The van der Waals surface area contributed by atoms with Crippen LogP contribution in [0.4, 0.5) is 8.78 Å². The Labute approximate surface area is 291 Å². The van der Waals surface area contributed by atoms with Crippen molar-refractivity contribution < 1.29 is 18.4 Å². The summed E-state index contributed by atoms with van der Waals surface area (Å²) in [6.07, 6.45) is 10.3. The van der Waals surface area contributed by atoms with Gasteiger partial charge in [0.2, 0.25) is 11.8 Å². The lowest BCUT2D eigenvalue weighted by Crippen LogP contribution is -2.47. The quantitative estimate of drug-likeness (QED) is 0.386. The van der Waals surface area contributed by atoms with Crippen LogP contribution in [0.2, 0.25) is 0 Å². The van der Waals surface area contributed by atoms with Gasteiger partial charge in [0.25, 0.3) is 5.92 Å². The largest absolute Gasteiger partial charge is 0.339 e. The molecule has 5 atom stereocenters. The molecule has 1 spiro atoms. The molecule has 13 heteroatoms. The van der Waals surface area contributed by atoms with Gasteiger partial charge in [0.1, 0.15) is 12.0 Å². The number of likely N-dealkylation sites (tertiary alicyclic amines) is 2. The molecular weight excluding hydrogens is 640 g/mol. The van der Waals surface area contributed by atoms with E-state index in [0.29, 0.717) is 32.0 Å². The maximum atomic E-state index is 14.1. The lowest BCUT2D eigenvalue weighted by Gasteiger charge is -2.38. The number of pyridine rings is 1. The van der Waals surface area contributed by atoms with Crippen LogP contribution < -0.4 is 10.9 Å². The van der Waals surface area contributed by atoms with E-state index in [1.807, 2.05) is 30.1 Å². The van der Waals surface area contributed by atoms with Crippen LogP contribution in [-0.4, -0.2) is 97.6 Å². The first-order valence-electron chi connectivity index (χ1n) is 17.9. The van der Waals surface area contributed by atoms with Crippen LogP contribution in [0.5, 0.6) is 0 Å². The summed E-state index contributed by atoms with van der Waals surface area (Å²) in [4.78, 5) is 41.9. The van der Waals surface area contributed by atoms with Gasteiger partial charge in [0, 0.05) is 64.0 Å². The molecule has 0 bridgehead atoms. The number of aromatic nitrogens is 4. The second kappa shape index (κ2) is 12.9. The summed E-state index contributed by atoms with van der Waals surface area (Å²) in [7, 11) is 1.85. The van der Waals surface area contributed by atoms with E-state index in [-0.39, 0.29) is 41.6 Å². The maximum Gasteiger partial charge on any atom is 0.286 e. The minimum Gasteiger partial charge on any atom is -0.339 e. The van der Waals surface area contributed by atoms with Gasteiger partial charge < -0.3 is 9.80 Å². The van der Waals surface area contributed by atoms with Crippen molar-refractivity contribution in [2.45, 2.75) is 69.5 Å². The van der Waals surface area contributed by atoms with Crippen LogP contribution in [0.25, 0.3) is 17.0 Å². The first-order valence-corrected chi connectivity index (χ1v) is 17.9. The van der Waals surface area contributed by atoms with Crippen molar-refractivity contribution >= 4 is 17.4 Å². The van der Waals surface area contributed by atoms with Crippen molar-refractivity contribution in [3.8, 4) is 11.4 Å². The molecule has 1 saturated carbocycles. The molecule has 3 aromatic rings. The molecular formula is C37H45F2N9O2. The highest BCUT2D eigenvalue weighted by Gasteiger charge is 2.54. The van der Waals surface area contributed by atoms with E-state index < -0.39 is 11.3 Å². The molecule has 4 unspecified atom stereocenters. The third kappa shape index (κ3) is 6.24. The standard InChI is InChI=1S/C37H45F2N9O2/c1-36(38,39)31-19-27(9-14-40-31)33-29-20-28(7-8-30(29)42-43-33)48-18-13-37(35(48)50)12-17-46(22-37)21-32(49)47-15-10-25(11-16-47)24-3-5-26(6-4-24)34-41-23-45(2)44-34/h3-6,9-10,14,19,23,28-30,33,42-43H,7-8,11-13,15-18,20-22H2,1-2H3/t28?,29?,30?,33?,37-/m0/s1. The Balaban J connectivity index is 0.853. The van der Waals surface area contributed by atoms with Gasteiger partial charge in [-0.3, -0.25) is 29.6 Å². The Hall–Kier alpha value is -4.07. The van der Waals surface area contributed by atoms with Gasteiger partial charge in [0.05, 0.1) is 18.0 Å². The molecule has 3 saturated heterocycles. The van der Waals surface area contributed by atoms with Crippen LogP contribution in [0.1, 0.15) is 68.3 Å². The van der Waals surface area contributed by atoms with Crippen LogP contribution in [-0.2, 0) is 22.6 Å². The molecule has 2 N–H and O–H groups in total. The smallest absolute Gasteiger partial charge is 0.286 e. The summed E-state index contributed by atoms with van der Waals surface area (Å²) in [6, 6.07) is 11.8. The number of hydrogen-bond acceptors (Lipinski definition) is 8. The fourth-order valence-corrected chi connectivity index (χ4v) is 8.95. The number of nitrogens with zero attached hydrogens (tertiary/aromatic N) is 7. The number of alkyl halides is 2. The Morgan fingerprint density at radius 2 is 1.84 bits per heavy atom. The molecule has 5 aliphatic rings. The van der Waals surface area contributed by atoms with Crippen molar-refractivity contribution in [3.05, 3.63) is 71.8 Å². The highest BCUT2D eigenvalue weighted by atomic mass is 19.3. The normalized spacial score (nSPS) is 28.8. The summed E-state index contributed by atoms with van der Waals surface area (Å²) < 4.78 is 29.8. The number of hydrazine groups is 1. The molecule has 2 amide bonds. The van der Waals surface area contributed by atoms with Crippen molar-refractivity contribution in [3.63, 3.8) is 0 Å². The van der Waals surface area contributed by atoms with Gasteiger partial charge in [0.15, 0.2) is 5.82 Å². The van der Waals surface area contributed by atoms with Gasteiger partial charge in [-0.2, -0.15) is 13.9 Å². The lowest BCUT2D eigenvalue weighted by molar-refractivity contribution is -0.139. The van der Waals surface area contributed by atoms with Crippen molar-refractivity contribution in [2.75, 3.05) is 39.3 Å². The number of aryl methyl sites for hydroxylation is 1. The number of carbonyl (C=O) groups is 2. The van der Waals surface area contributed by atoms with Crippen LogP contribution in [0.3, 0.4) is 0 Å². The van der Waals surface area contributed by atoms with Crippen LogP contribution in [0, 0.1) is 11.3 Å². The second-order valence-corrected chi connectivity index (χ2v) is 15.0. The van der Waals surface area contributed by atoms with Gasteiger partial charge >= 0.3 is 0 Å². The molecule has 50 heavy (non-hydrogen) atoms. The number of rotatable bonds is 7. The average Bonchev–Trinajstić information content (AvgIpc) is 3.92. The molecule has 6 heterocycles. The molecule has 8 rings (SSSR count). The number of amides is 2. The van der Waals surface area contributed by atoms with Gasteiger partial charge in [-0.05, 0) is 79.8 Å². The van der Waals surface area contributed by atoms with Gasteiger partial charge in [-0.1, -0.05) is 30.3 Å². The van der Waals surface area contributed by atoms with Crippen LogP contribution >= 0.6 is 0 Å². The number of hydrogen-bond donors (Lipinski definition) is 2. The molecule has 1 aromatic carbocycles. The van der Waals surface area contributed by atoms with E-state index in [0.717, 1.165) is 75.2 Å². The first-order chi connectivity index (χ1) is 24.1. The number of benzene rings is 1. The molecule has 0 radical (unpaired) electrons. The number of carbonyl (C=O) groups excluding carboxylic acids is 2. The topological polar surface area (TPSA) is 112 Å². The van der Waals surface area contributed by atoms with E-state index in [4.69, 9.17) is 0 Å². The highest BCUT2D eigenvalue weighted by molar-refractivity contribution is 5.86. The Morgan fingerprint density at radius 1 is 1.04 bits per heavy atom. The van der Waals surface area contributed by atoms with E-state index >= 15 is 0 Å². The molecule has 264 valence electrons. The zero-order valence-corrected chi connectivity index (χ0v) is 28.7. The summed E-state index contributed by atoms with van der Waals surface area (Å²) in [5, 5.41) is 4.38. The van der Waals surface area contributed by atoms with Crippen molar-refractivity contribution in [1.29, 1.82) is 0 Å². The van der Waals surface area contributed by atoms with Gasteiger partial charge in [-0.25, -0.2) is 10.4 Å². The second-order valence-electron chi connectivity index (χ2n) is 15.0. The SMILES string of the molecule is Cn1cnc(-c2ccc(C3=CCN(C(=O)CN4CC[C@]5(CCN(C6CCC7NNC(c8ccnc(C(C)(F)F)c8)C7C6)C5=O)C4)CC3)cc2)n1. The summed E-state index contributed by atoms with van der Waals surface area (Å²) in [5.74, 6) is -1.79. The molecule has 11 nitrogen and oxygen atoms in total.